The van der Waals surface area contributed by atoms with E-state index < -0.39 is 0 Å². The second kappa shape index (κ2) is 7.53. The van der Waals surface area contributed by atoms with Crippen LogP contribution in [0.2, 0.25) is 0 Å². The minimum atomic E-state index is 0.532. The molecule has 1 aromatic heterocycles. The van der Waals surface area contributed by atoms with Crippen LogP contribution in [-0.4, -0.2) is 47.6 Å². The molecule has 0 amide bonds. The van der Waals surface area contributed by atoms with Crippen molar-refractivity contribution in [3.8, 4) is 0 Å². The molecule has 0 radical (unpaired) electrons. The molecular weight excluding hydrogens is 334 g/mol. The van der Waals surface area contributed by atoms with Gasteiger partial charge in [0.2, 0.25) is 0 Å². The number of fused-ring (bicyclic) bond motifs is 1. The first kappa shape index (κ1) is 17.7. The van der Waals surface area contributed by atoms with E-state index in [4.69, 9.17) is 0 Å². The van der Waals surface area contributed by atoms with Crippen molar-refractivity contribution in [3.05, 3.63) is 59.9 Å². The Hall–Kier alpha value is -2.66. The molecule has 1 unspecified atom stereocenters. The van der Waals surface area contributed by atoms with Gasteiger partial charge in [-0.05, 0) is 42.8 Å². The summed E-state index contributed by atoms with van der Waals surface area (Å²) >= 11 is 0. The van der Waals surface area contributed by atoms with Crippen molar-refractivity contribution in [2.75, 3.05) is 36.9 Å². The van der Waals surface area contributed by atoms with Gasteiger partial charge in [-0.2, -0.15) is 0 Å². The molecule has 1 aliphatic heterocycles. The highest BCUT2D eigenvalue weighted by Crippen LogP contribution is 2.24. The molecule has 0 bridgehead atoms. The molecule has 2 heterocycles. The number of nitrogens with zero attached hydrogens (tertiary/aromatic N) is 4. The third kappa shape index (κ3) is 3.74. The fourth-order valence-electron chi connectivity index (χ4n) is 3.73. The number of anilines is 2. The standard InChI is InChI=1S/C22H27N5/c1-16-8-9-18(20-7-5-4-6-19(16)20)13-23-21-12-22(25-15-24-21)27-11-10-26(3)17(2)14-27/h4-9,12,15,17H,10-11,13-14H2,1-3H3,(H,23,24,25). The molecule has 5 heteroatoms. The molecule has 1 N–H and O–H groups in total. The van der Waals surface area contributed by atoms with E-state index in [0.29, 0.717) is 6.04 Å². The van der Waals surface area contributed by atoms with Gasteiger partial charge in [0.05, 0.1) is 0 Å². The fourth-order valence-corrected chi connectivity index (χ4v) is 3.73. The number of benzene rings is 2. The van der Waals surface area contributed by atoms with Crippen LogP contribution >= 0.6 is 0 Å². The molecule has 0 saturated carbocycles. The minimum absolute atomic E-state index is 0.532. The van der Waals surface area contributed by atoms with E-state index in [-0.39, 0.29) is 0 Å². The first-order valence-corrected chi connectivity index (χ1v) is 9.60. The number of likely N-dealkylation sites (N-methyl/N-ethyl adjacent to an activating group) is 1. The quantitative estimate of drug-likeness (QED) is 0.768. The van der Waals surface area contributed by atoms with Gasteiger partial charge in [-0.25, -0.2) is 9.97 Å². The van der Waals surface area contributed by atoms with Crippen LogP contribution in [-0.2, 0) is 6.54 Å². The summed E-state index contributed by atoms with van der Waals surface area (Å²) in [4.78, 5) is 13.7. The fraction of sp³-hybridized carbons (Fsp3) is 0.364. The minimum Gasteiger partial charge on any atom is -0.366 e. The second-order valence-corrected chi connectivity index (χ2v) is 7.48. The summed E-state index contributed by atoms with van der Waals surface area (Å²) in [5.41, 5.74) is 2.59. The molecular formula is C22H27N5. The molecule has 1 saturated heterocycles. The van der Waals surface area contributed by atoms with Crippen molar-refractivity contribution in [2.45, 2.75) is 26.4 Å². The zero-order valence-electron chi connectivity index (χ0n) is 16.3. The summed E-state index contributed by atoms with van der Waals surface area (Å²) in [5.74, 6) is 1.87. The van der Waals surface area contributed by atoms with Crippen LogP contribution in [0.15, 0.2) is 48.8 Å². The second-order valence-electron chi connectivity index (χ2n) is 7.48. The molecule has 1 fully saturated rings. The van der Waals surface area contributed by atoms with Crippen molar-refractivity contribution in [1.82, 2.24) is 14.9 Å². The molecule has 2 aromatic carbocycles. The van der Waals surface area contributed by atoms with E-state index in [0.717, 1.165) is 37.8 Å². The molecule has 0 spiro atoms. The van der Waals surface area contributed by atoms with Gasteiger partial charge < -0.3 is 15.1 Å². The Balaban J connectivity index is 1.51. The van der Waals surface area contributed by atoms with Gasteiger partial charge in [0.15, 0.2) is 0 Å². The van der Waals surface area contributed by atoms with Crippen LogP contribution in [0.25, 0.3) is 10.8 Å². The monoisotopic (exact) mass is 361 g/mol. The maximum absolute atomic E-state index is 4.50. The molecule has 5 nitrogen and oxygen atoms in total. The summed E-state index contributed by atoms with van der Waals surface area (Å²) in [5, 5.41) is 6.09. The van der Waals surface area contributed by atoms with Crippen molar-refractivity contribution >= 4 is 22.4 Å². The third-order valence-corrected chi connectivity index (χ3v) is 5.63. The highest BCUT2D eigenvalue weighted by atomic mass is 15.3. The topological polar surface area (TPSA) is 44.3 Å². The van der Waals surface area contributed by atoms with Crippen molar-refractivity contribution < 1.29 is 0 Å². The van der Waals surface area contributed by atoms with E-state index in [1.807, 2.05) is 0 Å². The highest BCUT2D eigenvalue weighted by Gasteiger charge is 2.21. The normalized spacial score (nSPS) is 18.0. The lowest BCUT2D eigenvalue weighted by atomic mass is 10.0. The van der Waals surface area contributed by atoms with E-state index in [1.165, 1.54) is 21.9 Å². The van der Waals surface area contributed by atoms with E-state index >= 15 is 0 Å². The largest absolute Gasteiger partial charge is 0.366 e. The summed E-state index contributed by atoms with van der Waals surface area (Å²) in [6, 6.07) is 15.6. The Bertz CT molecular complexity index is 939. The Kier molecular flexibility index (Phi) is 4.94. The molecule has 0 aliphatic carbocycles. The SMILES string of the molecule is Cc1ccc(CNc2cc(N3CCN(C)C(C)C3)ncn2)c2ccccc12. The van der Waals surface area contributed by atoms with Crippen molar-refractivity contribution in [3.63, 3.8) is 0 Å². The number of piperazine rings is 1. The van der Waals surface area contributed by atoms with Crippen LogP contribution in [0.4, 0.5) is 11.6 Å². The van der Waals surface area contributed by atoms with Gasteiger partial charge in [-0.1, -0.05) is 36.4 Å². The van der Waals surface area contributed by atoms with Crippen LogP contribution < -0.4 is 10.2 Å². The lowest BCUT2D eigenvalue weighted by molar-refractivity contribution is 0.233. The van der Waals surface area contributed by atoms with Gasteiger partial charge >= 0.3 is 0 Å². The average molecular weight is 361 g/mol. The smallest absolute Gasteiger partial charge is 0.134 e. The van der Waals surface area contributed by atoms with E-state index in [9.17, 15) is 0 Å². The highest BCUT2D eigenvalue weighted by molar-refractivity contribution is 5.88. The Labute approximate surface area is 161 Å². The number of hydrogen-bond donors (Lipinski definition) is 1. The van der Waals surface area contributed by atoms with Crippen molar-refractivity contribution in [2.24, 2.45) is 0 Å². The number of hydrogen-bond acceptors (Lipinski definition) is 5. The van der Waals surface area contributed by atoms with Crippen LogP contribution in [0.3, 0.4) is 0 Å². The first-order valence-electron chi connectivity index (χ1n) is 9.60. The van der Waals surface area contributed by atoms with E-state index in [1.54, 1.807) is 6.33 Å². The van der Waals surface area contributed by atoms with Crippen LogP contribution in [0.5, 0.6) is 0 Å². The molecule has 140 valence electrons. The maximum Gasteiger partial charge on any atom is 0.134 e. The van der Waals surface area contributed by atoms with E-state index in [2.05, 4.69) is 88.4 Å². The zero-order chi connectivity index (χ0) is 18.8. The molecule has 1 atom stereocenters. The molecule has 3 aromatic rings. The van der Waals surface area contributed by atoms with Gasteiger partial charge in [-0.3, -0.25) is 0 Å². The Morgan fingerprint density at radius 1 is 1.07 bits per heavy atom. The summed E-state index contributed by atoms with van der Waals surface area (Å²) in [6.45, 7) is 8.22. The maximum atomic E-state index is 4.50. The molecule has 4 rings (SSSR count). The summed E-state index contributed by atoms with van der Waals surface area (Å²) in [7, 11) is 2.18. The molecule has 27 heavy (non-hydrogen) atoms. The Morgan fingerprint density at radius 2 is 1.89 bits per heavy atom. The van der Waals surface area contributed by atoms with Gasteiger partial charge in [0.1, 0.15) is 18.0 Å². The summed E-state index contributed by atoms with van der Waals surface area (Å²) < 4.78 is 0. The number of nitrogens with one attached hydrogen (secondary N) is 1. The number of aromatic nitrogens is 2. The first-order chi connectivity index (χ1) is 13.1. The van der Waals surface area contributed by atoms with Gasteiger partial charge in [-0.15, -0.1) is 0 Å². The number of aryl methyl sites for hydroxylation is 1. The number of rotatable bonds is 4. The predicted molar refractivity (Wildman–Crippen MR) is 112 cm³/mol. The van der Waals surface area contributed by atoms with Gasteiger partial charge in [0.25, 0.3) is 0 Å². The average Bonchev–Trinajstić information content (AvgIpc) is 2.70. The van der Waals surface area contributed by atoms with Crippen LogP contribution in [0.1, 0.15) is 18.1 Å². The Morgan fingerprint density at radius 3 is 2.70 bits per heavy atom. The van der Waals surface area contributed by atoms with Gasteiger partial charge in [0, 0.05) is 38.3 Å². The third-order valence-electron chi connectivity index (χ3n) is 5.63. The predicted octanol–water partition coefficient (Wildman–Crippen LogP) is 3.69. The lowest BCUT2D eigenvalue weighted by Crippen LogP contribution is -2.50. The summed E-state index contributed by atoms with van der Waals surface area (Å²) in [6.07, 6.45) is 1.66. The zero-order valence-corrected chi connectivity index (χ0v) is 16.3. The van der Waals surface area contributed by atoms with Crippen LogP contribution in [0, 0.1) is 6.92 Å². The lowest BCUT2D eigenvalue weighted by Gasteiger charge is -2.38. The molecule has 1 aliphatic rings. The van der Waals surface area contributed by atoms with Crippen molar-refractivity contribution in [1.29, 1.82) is 0 Å².